The Morgan fingerprint density at radius 1 is 1.19 bits per heavy atom. The van der Waals surface area contributed by atoms with Crippen LogP contribution in [-0.4, -0.2) is 5.11 Å². The molecule has 2 N–H and O–H groups in total. The van der Waals surface area contributed by atoms with Crippen molar-refractivity contribution in [3.63, 3.8) is 0 Å². The topological polar surface area (TPSA) is 24.1 Å². The maximum atomic E-state index is 13.5. The van der Waals surface area contributed by atoms with Gasteiger partial charge in [-0.1, -0.05) is 34.1 Å². The number of anilines is 1. The molecule has 0 aliphatic rings. The summed E-state index contributed by atoms with van der Waals surface area (Å²) >= 11 is 8.67. The third kappa shape index (κ3) is 4.51. The van der Waals surface area contributed by atoms with E-state index in [2.05, 4.69) is 26.6 Å². The molecule has 2 nitrogen and oxygen atoms in total. The highest BCUT2D eigenvalue weighted by atomic mass is 79.9. The van der Waals surface area contributed by atoms with E-state index in [1.165, 1.54) is 6.07 Å². The summed E-state index contributed by atoms with van der Waals surface area (Å²) in [7, 11) is 0. The van der Waals surface area contributed by atoms with Crippen molar-refractivity contribution in [3.8, 4) is 0 Å². The van der Waals surface area contributed by atoms with Crippen LogP contribution < -0.4 is 10.6 Å². The lowest BCUT2D eigenvalue weighted by atomic mass is 10.1. The van der Waals surface area contributed by atoms with Crippen molar-refractivity contribution >= 4 is 38.9 Å². The summed E-state index contributed by atoms with van der Waals surface area (Å²) < 4.78 is 14.5. The molecule has 0 radical (unpaired) electrons. The zero-order valence-corrected chi connectivity index (χ0v) is 14.2. The third-order valence-electron chi connectivity index (χ3n) is 3.15. The SMILES string of the molecule is Cc1ccc(NC(=S)N[C@H](C)c2ccc(Br)cc2)cc1F. The maximum absolute atomic E-state index is 13.5. The average Bonchev–Trinajstić information content (AvgIpc) is 2.43. The summed E-state index contributed by atoms with van der Waals surface area (Å²) in [4.78, 5) is 0. The molecule has 0 spiro atoms. The van der Waals surface area contributed by atoms with E-state index in [1.807, 2.05) is 31.2 Å². The molecule has 1 atom stereocenters. The molecule has 0 bridgehead atoms. The van der Waals surface area contributed by atoms with Crippen molar-refractivity contribution in [3.05, 3.63) is 63.9 Å². The molecule has 0 heterocycles. The van der Waals surface area contributed by atoms with E-state index in [1.54, 1.807) is 19.1 Å². The smallest absolute Gasteiger partial charge is 0.171 e. The van der Waals surface area contributed by atoms with E-state index in [4.69, 9.17) is 12.2 Å². The van der Waals surface area contributed by atoms with Gasteiger partial charge in [0, 0.05) is 10.2 Å². The fourth-order valence-electron chi connectivity index (χ4n) is 1.87. The molecule has 110 valence electrons. The highest BCUT2D eigenvalue weighted by molar-refractivity contribution is 9.10. The van der Waals surface area contributed by atoms with Crippen LogP contribution >= 0.6 is 28.1 Å². The van der Waals surface area contributed by atoms with Crippen molar-refractivity contribution in [2.75, 3.05) is 5.32 Å². The second-order valence-corrected chi connectivity index (χ2v) is 6.16. The first-order valence-electron chi connectivity index (χ1n) is 6.55. The van der Waals surface area contributed by atoms with Crippen molar-refractivity contribution in [2.45, 2.75) is 19.9 Å². The Labute approximate surface area is 137 Å². The predicted molar refractivity (Wildman–Crippen MR) is 93.1 cm³/mol. The normalized spacial score (nSPS) is 11.8. The van der Waals surface area contributed by atoms with Gasteiger partial charge in [-0.25, -0.2) is 4.39 Å². The van der Waals surface area contributed by atoms with Crippen LogP contribution in [-0.2, 0) is 0 Å². The number of nitrogens with one attached hydrogen (secondary N) is 2. The lowest BCUT2D eigenvalue weighted by Crippen LogP contribution is -2.30. The minimum atomic E-state index is -0.247. The predicted octanol–water partition coefficient (Wildman–Crippen LogP) is 4.94. The van der Waals surface area contributed by atoms with Gasteiger partial charge in [0.15, 0.2) is 5.11 Å². The average molecular weight is 367 g/mol. The first kappa shape index (κ1) is 15.9. The highest BCUT2D eigenvalue weighted by Gasteiger charge is 2.07. The van der Waals surface area contributed by atoms with E-state index in [0.717, 1.165) is 10.0 Å². The van der Waals surface area contributed by atoms with Gasteiger partial charge in [-0.2, -0.15) is 0 Å². The minimum Gasteiger partial charge on any atom is -0.356 e. The van der Waals surface area contributed by atoms with Gasteiger partial charge in [-0.15, -0.1) is 0 Å². The molecule has 21 heavy (non-hydrogen) atoms. The van der Waals surface area contributed by atoms with Crippen molar-refractivity contribution in [1.82, 2.24) is 5.32 Å². The maximum Gasteiger partial charge on any atom is 0.171 e. The van der Waals surface area contributed by atoms with E-state index in [0.29, 0.717) is 16.4 Å². The molecule has 2 aromatic carbocycles. The van der Waals surface area contributed by atoms with E-state index >= 15 is 0 Å². The third-order valence-corrected chi connectivity index (χ3v) is 3.90. The number of thiocarbonyl (C=S) groups is 1. The van der Waals surface area contributed by atoms with E-state index in [-0.39, 0.29) is 11.9 Å². The number of rotatable bonds is 3. The second-order valence-electron chi connectivity index (χ2n) is 4.84. The van der Waals surface area contributed by atoms with Gasteiger partial charge in [0.1, 0.15) is 5.82 Å². The highest BCUT2D eigenvalue weighted by Crippen LogP contribution is 2.17. The number of hydrogen-bond donors (Lipinski definition) is 2. The number of halogens is 2. The fourth-order valence-corrected chi connectivity index (χ4v) is 2.43. The van der Waals surface area contributed by atoms with Gasteiger partial charge < -0.3 is 10.6 Å². The zero-order valence-electron chi connectivity index (χ0n) is 11.8. The summed E-state index contributed by atoms with van der Waals surface area (Å²) in [6, 6.07) is 13.0. The molecule has 2 rings (SSSR count). The van der Waals surface area contributed by atoms with Crippen molar-refractivity contribution < 1.29 is 4.39 Å². The molecular formula is C16H16BrFN2S. The summed E-state index contributed by atoms with van der Waals surface area (Å²) in [6.45, 7) is 3.75. The van der Waals surface area contributed by atoms with Crippen LogP contribution in [0.5, 0.6) is 0 Å². The molecule has 5 heteroatoms. The molecule has 0 unspecified atom stereocenters. The lowest BCUT2D eigenvalue weighted by molar-refractivity contribution is 0.619. The Kier molecular flexibility index (Phi) is 5.31. The number of aryl methyl sites for hydroxylation is 1. The molecule has 0 aliphatic heterocycles. The Bertz CT molecular complexity index is 643. The van der Waals surface area contributed by atoms with Gasteiger partial charge in [-0.3, -0.25) is 0 Å². The van der Waals surface area contributed by atoms with Crippen molar-refractivity contribution in [2.24, 2.45) is 0 Å². The summed E-state index contributed by atoms with van der Waals surface area (Å²) in [5, 5.41) is 6.64. The molecule has 0 saturated heterocycles. The van der Waals surface area contributed by atoms with Crippen LogP contribution in [0.3, 0.4) is 0 Å². The summed E-state index contributed by atoms with van der Waals surface area (Å²) in [5.41, 5.74) is 2.37. The van der Waals surface area contributed by atoms with Gasteiger partial charge in [0.05, 0.1) is 6.04 Å². The first-order chi connectivity index (χ1) is 9.95. The first-order valence-corrected chi connectivity index (χ1v) is 7.75. The van der Waals surface area contributed by atoms with E-state index in [9.17, 15) is 4.39 Å². The van der Waals surface area contributed by atoms with Gasteiger partial charge >= 0.3 is 0 Å². The van der Waals surface area contributed by atoms with Gasteiger partial charge in [-0.05, 0) is 61.5 Å². The standard InChI is InChI=1S/C16H16BrFN2S/c1-10-3-8-14(9-15(10)18)20-16(21)19-11(2)12-4-6-13(17)7-5-12/h3-9,11H,1-2H3,(H2,19,20,21)/t11-/m1/s1. The van der Waals surface area contributed by atoms with Crippen molar-refractivity contribution in [1.29, 1.82) is 0 Å². The van der Waals surface area contributed by atoms with Crippen LogP contribution in [0.2, 0.25) is 0 Å². The van der Waals surface area contributed by atoms with Gasteiger partial charge in [0.25, 0.3) is 0 Å². The second kappa shape index (κ2) is 7.00. The van der Waals surface area contributed by atoms with E-state index < -0.39 is 0 Å². The monoisotopic (exact) mass is 366 g/mol. The Morgan fingerprint density at radius 2 is 1.86 bits per heavy atom. The summed E-state index contributed by atoms with van der Waals surface area (Å²) in [5.74, 6) is -0.247. The fraction of sp³-hybridized carbons (Fsp3) is 0.188. The van der Waals surface area contributed by atoms with Crippen LogP contribution in [0.25, 0.3) is 0 Å². The molecule has 0 aromatic heterocycles. The van der Waals surface area contributed by atoms with Gasteiger partial charge in [0.2, 0.25) is 0 Å². The Hall–Kier alpha value is -1.46. The number of hydrogen-bond acceptors (Lipinski definition) is 1. The zero-order chi connectivity index (χ0) is 15.4. The van der Waals surface area contributed by atoms with Crippen LogP contribution in [0, 0.1) is 12.7 Å². The van der Waals surface area contributed by atoms with Crippen LogP contribution in [0.4, 0.5) is 10.1 Å². The molecule has 2 aromatic rings. The number of benzene rings is 2. The minimum absolute atomic E-state index is 0.0633. The lowest BCUT2D eigenvalue weighted by Gasteiger charge is -2.17. The van der Waals surface area contributed by atoms with Crippen LogP contribution in [0.1, 0.15) is 24.1 Å². The summed E-state index contributed by atoms with van der Waals surface area (Å²) in [6.07, 6.45) is 0. The quantitative estimate of drug-likeness (QED) is 0.751. The molecule has 0 fully saturated rings. The molecular weight excluding hydrogens is 351 g/mol. The molecule has 0 aliphatic carbocycles. The Morgan fingerprint density at radius 3 is 2.48 bits per heavy atom. The van der Waals surface area contributed by atoms with Crippen LogP contribution in [0.15, 0.2) is 46.9 Å². The molecule has 0 saturated carbocycles. The Balaban J connectivity index is 1.97. The largest absolute Gasteiger partial charge is 0.356 e. The molecule has 0 amide bonds.